The summed E-state index contributed by atoms with van der Waals surface area (Å²) in [6, 6.07) is 8.66. The molecule has 0 saturated heterocycles. The predicted octanol–water partition coefficient (Wildman–Crippen LogP) is 4.59. The van der Waals surface area contributed by atoms with Crippen molar-refractivity contribution in [2.75, 3.05) is 0 Å². The molecule has 4 rings (SSSR count). The molecule has 126 valence electrons. The Balaban J connectivity index is 1.44. The van der Waals surface area contributed by atoms with Crippen LogP contribution in [-0.2, 0) is 5.75 Å². The zero-order valence-corrected chi connectivity index (χ0v) is 14.6. The van der Waals surface area contributed by atoms with Crippen LogP contribution in [0.2, 0.25) is 0 Å². The third kappa shape index (κ3) is 3.47. The molecular formula is C16H11FN4O2S2. The fourth-order valence-electron chi connectivity index (χ4n) is 2.05. The normalized spacial score (nSPS) is 11.1. The maximum atomic E-state index is 13.6. The van der Waals surface area contributed by atoms with Gasteiger partial charge in [-0.3, -0.25) is 0 Å². The van der Waals surface area contributed by atoms with Gasteiger partial charge in [0.2, 0.25) is 11.7 Å². The molecule has 0 atom stereocenters. The van der Waals surface area contributed by atoms with Crippen molar-refractivity contribution in [3.05, 3.63) is 53.0 Å². The average molecular weight is 374 g/mol. The van der Waals surface area contributed by atoms with Crippen molar-refractivity contribution in [1.29, 1.82) is 0 Å². The zero-order chi connectivity index (χ0) is 17.2. The minimum Gasteiger partial charge on any atom is -0.410 e. The highest BCUT2D eigenvalue weighted by molar-refractivity contribution is 7.98. The first kappa shape index (κ1) is 16.0. The topological polar surface area (TPSA) is 77.8 Å². The highest BCUT2D eigenvalue weighted by Gasteiger charge is 2.14. The molecule has 0 saturated carbocycles. The Morgan fingerprint density at radius 1 is 1.24 bits per heavy atom. The second-order valence-corrected chi connectivity index (χ2v) is 6.99. The number of aromatic nitrogens is 4. The molecule has 0 amide bonds. The first-order valence-corrected chi connectivity index (χ1v) is 9.15. The van der Waals surface area contributed by atoms with E-state index in [9.17, 15) is 4.39 Å². The molecule has 0 fully saturated rings. The molecule has 0 unspecified atom stereocenters. The highest BCUT2D eigenvalue weighted by atomic mass is 32.2. The molecule has 6 nitrogen and oxygen atoms in total. The highest BCUT2D eigenvalue weighted by Crippen LogP contribution is 2.28. The first-order valence-electron chi connectivity index (χ1n) is 7.28. The predicted molar refractivity (Wildman–Crippen MR) is 91.6 cm³/mol. The summed E-state index contributed by atoms with van der Waals surface area (Å²) in [5, 5.41) is 14.2. The average Bonchev–Trinajstić information content (AvgIpc) is 3.36. The van der Waals surface area contributed by atoms with Crippen LogP contribution < -0.4 is 0 Å². The maximum absolute atomic E-state index is 13.6. The Morgan fingerprint density at radius 3 is 2.96 bits per heavy atom. The summed E-state index contributed by atoms with van der Waals surface area (Å²) in [5.41, 5.74) is 1.14. The van der Waals surface area contributed by atoms with Crippen molar-refractivity contribution in [3.63, 3.8) is 0 Å². The molecule has 0 bridgehead atoms. The van der Waals surface area contributed by atoms with Crippen LogP contribution in [0.3, 0.4) is 0 Å². The number of benzene rings is 1. The largest absolute Gasteiger partial charge is 0.410 e. The molecule has 0 aliphatic rings. The van der Waals surface area contributed by atoms with Gasteiger partial charge in [-0.1, -0.05) is 35.1 Å². The van der Waals surface area contributed by atoms with Crippen LogP contribution in [0.25, 0.3) is 22.2 Å². The number of thioether (sulfide) groups is 1. The lowest BCUT2D eigenvalue weighted by molar-refractivity contribution is 0.391. The zero-order valence-electron chi connectivity index (χ0n) is 13.0. The summed E-state index contributed by atoms with van der Waals surface area (Å²) >= 11 is 2.83. The van der Waals surface area contributed by atoms with E-state index in [1.54, 1.807) is 19.1 Å². The molecule has 0 spiro atoms. The lowest BCUT2D eigenvalue weighted by atomic mass is 10.1. The van der Waals surface area contributed by atoms with Gasteiger partial charge >= 0.3 is 0 Å². The van der Waals surface area contributed by atoms with Gasteiger partial charge in [0.15, 0.2) is 0 Å². The van der Waals surface area contributed by atoms with Crippen LogP contribution in [0.4, 0.5) is 4.39 Å². The van der Waals surface area contributed by atoms with Gasteiger partial charge in [-0.05, 0) is 30.0 Å². The number of thiophene rings is 1. The van der Waals surface area contributed by atoms with Crippen molar-refractivity contribution >= 4 is 23.1 Å². The van der Waals surface area contributed by atoms with Gasteiger partial charge in [0.1, 0.15) is 5.82 Å². The van der Waals surface area contributed by atoms with Gasteiger partial charge in [0.25, 0.3) is 11.1 Å². The molecule has 4 aromatic rings. The van der Waals surface area contributed by atoms with Crippen molar-refractivity contribution in [1.82, 2.24) is 20.3 Å². The third-order valence-electron chi connectivity index (χ3n) is 3.36. The minimum atomic E-state index is -0.301. The van der Waals surface area contributed by atoms with Crippen molar-refractivity contribution in [2.24, 2.45) is 0 Å². The minimum absolute atomic E-state index is 0.301. The molecule has 9 heteroatoms. The Labute approximate surface area is 150 Å². The quantitative estimate of drug-likeness (QED) is 0.473. The summed E-state index contributed by atoms with van der Waals surface area (Å²) in [7, 11) is 0. The van der Waals surface area contributed by atoms with Crippen LogP contribution in [0, 0.1) is 12.7 Å². The molecule has 0 aliphatic carbocycles. The van der Waals surface area contributed by atoms with E-state index in [1.807, 2.05) is 17.5 Å². The van der Waals surface area contributed by atoms with Crippen molar-refractivity contribution < 1.29 is 13.3 Å². The van der Waals surface area contributed by atoms with Gasteiger partial charge in [-0.2, -0.15) is 4.98 Å². The summed E-state index contributed by atoms with van der Waals surface area (Å²) in [6.45, 7) is 1.70. The second-order valence-electron chi connectivity index (χ2n) is 5.11. The van der Waals surface area contributed by atoms with Crippen LogP contribution >= 0.6 is 23.1 Å². The number of hydrogen-bond donors (Lipinski definition) is 0. The van der Waals surface area contributed by atoms with E-state index in [1.165, 1.54) is 29.2 Å². The Kier molecular flexibility index (Phi) is 4.33. The Morgan fingerprint density at radius 2 is 2.16 bits per heavy atom. The van der Waals surface area contributed by atoms with Gasteiger partial charge in [-0.25, -0.2) is 4.39 Å². The van der Waals surface area contributed by atoms with Crippen molar-refractivity contribution in [2.45, 2.75) is 17.9 Å². The van der Waals surface area contributed by atoms with Crippen LogP contribution in [-0.4, -0.2) is 20.3 Å². The molecule has 0 radical (unpaired) electrons. The number of halogens is 1. The first-order chi connectivity index (χ1) is 12.2. The fourth-order valence-corrected chi connectivity index (χ4v) is 3.30. The second kappa shape index (κ2) is 6.77. The van der Waals surface area contributed by atoms with Crippen LogP contribution in [0.15, 0.2) is 49.9 Å². The summed E-state index contributed by atoms with van der Waals surface area (Å²) in [6.07, 6.45) is 0. The lowest BCUT2D eigenvalue weighted by Gasteiger charge is -1.97. The van der Waals surface area contributed by atoms with Crippen LogP contribution in [0.1, 0.15) is 11.5 Å². The monoisotopic (exact) mass is 374 g/mol. The molecule has 0 N–H and O–H groups in total. The summed E-state index contributed by atoms with van der Waals surface area (Å²) < 4.78 is 24.4. The van der Waals surface area contributed by atoms with E-state index in [4.69, 9.17) is 8.94 Å². The van der Waals surface area contributed by atoms with E-state index >= 15 is 0 Å². The standard InChI is InChI=1S/C16H11FN4O2S2/c1-9-4-5-10(7-11(9)17)14-18-13(23-21-14)8-25-16-20-19-15(22-16)12-3-2-6-24-12/h2-7H,8H2,1H3. The maximum Gasteiger partial charge on any atom is 0.277 e. The molecular weight excluding hydrogens is 363 g/mol. The number of hydrogen-bond acceptors (Lipinski definition) is 8. The number of aryl methyl sites for hydroxylation is 1. The van der Waals surface area contributed by atoms with Crippen molar-refractivity contribution in [3.8, 4) is 22.2 Å². The third-order valence-corrected chi connectivity index (χ3v) is 5.02. The Hall–Kier alpha value is -2.52. The van der Waals surface area contributed by atoms with Gasteiger partial charge in [-0.15, -0.1) is 21.5 Å². The van der Waals surface area contributed by atoms with Gasteiger partial charge in [0.05, 0.1) is 10.6 Å². The summed E-state index contributed by atoms with van der Waals surface area (Å²) in [4.78, 5) is 5.19. The van der Waals surface area contributed by atoms with E-state index in [-0.39, 0.29) is 5.82 Å². The number of rotatable bonds is 5. The molecule has 0 aliphatic heterocycles. The number of nitrogens with zero attached hydrogens (tertiary/aromatic N) is 4. The summed E-state index contributed by atoms with van der Waals surface area (Å²) in [5.74, 6) is 1.31. The van der Waals surface area contributed by atoms with E-state index in [2.05, 4.69) is 20.3 Å². The van der Waals surface area contributed by atoms with E-state index in [0.29, 0.717) is 39.7 Å². The lowest BCUT2D eigenvalue weighted by Crippen LogP contribution is -1.86. The van der Waals surface area contributed by atoms with E-state index < -0.39 is 0 Å². The van der Waals surface area contributed by atoms with Crippen LogP contribution in [0.5, 0.6) is 0 Å². The molecule has 1 aromatic carbocycles. The fraction of sp³-hybridized carbons (Fsp3) is 0.125. The smallest absolute Gasteiger partial charge is 0.277 e. The van der Waals surface area contributed by atoms with E-state index in [0.717, 1.165) is 4.88 Å². The Bertz CT molecular complexity index is 997. The van der Waals surface area contributed by atoms with Gasteiger partial charge < -0.3 is 8.94 Å². The van der Waals surface area contributed by atoms with Gasteiger partial charge in [0, 0.05) is 5.56 Å². The SMILES string of the molecule is Cc1ccc(-c2noc(CSc3nnc(-c4cccs4)o3)n2)cc1F. The molecule has 25 heavy (non-hydrogen) atoms. The molecule has 3 heterocycles. The molecule has 3 aromatic heterocycles.